The molecule has 1 rings (SSSR count). The van der Waals surface area contributed by atoms with Gasteiger partial charge in [-0.1, -0.05) is 25.1 Å². The van der Waals surface area contributed by atoms with Gasteiger partial charge in [-0.2, -0.15) is 0 Å². The molecule has 2 heteroatoms. The summed E-state index contributed by atoms with van der Waals surface area (Å²) in [5, 5.41) is 0. The van der Waals surface area contributed by atoms with E-state index in [0.29, 0.717) is 18.6 Å². The quantitative estimate of drug-likeness (QED) is 0.418. The molecule has 0 saturated heterocycles. The van der Waals surface area contributed by atoms with Gasteiger partial charge in [0.1, 0.15) is 0 Å². The van der Waals surface area contributed by atoms with Crippen LogP contribution in [0.15, 0.2) is 36.9 Å². The van der Waals surface area contributed by atoms with Crippen LogP contribution in [-0.2, 0) is 11.2 Å². The third kappa shape index (κ3) is 3.58. The van der Waals surface area contributed by atoms with Gasteiger partial charge in [-0.05, 0) is 30.5 Å². The summed E-state index contributed by atoms with van der Waals surface area (Å²) in [7, 11) is 0. The minimum Gasteiger partial charge on any atom is -0.462 e. The number of hydrogen-bond donors (Lipinski definition) is 0. The molecule has 2 nitrogen and oxygen atoms in total. The zero-order valence-corrected chi connectivity index (χ0v) is 9.03. The molecule has 0 bridgehead atoms. The molecule has 0 N–H and O–H groups in total. The van der Waals surface area contributed by atoms with E-state index in [1.165, 1.54) is 5.56 Å². The molecule has 0 aliphatic rings. The first kappa shape index (κ1) is 11.5. The summed E-state index contributed by atoms with van der Waals surface area (Å²) in [6.07, 6.45) is 3.40. The number of esters is 1. The Morgan fingerprint density at radius 3 is 2.60 bits per heavy atom. The highest BCUT2D eigenvalue weighted by Crippen LogP contribution is 2.06. The van der Waals surface area contributed by atoms with E-state index >= 15 is 0 Å². The molecule has 1 aromatic carbocycles. The Morgan fingerprint density at radius 2 is 2.07 bits per heavy atom. The van der Waals surface area contributed by atoms with E-state index in [1.807, 2.05) is 12.1 Å². The van der Waals surface area contributed by atoms with Gasteiger partial charge in [-0.25, -0.2) is 4.79 Å². The minimum atomic E-state index is -0.264. The van der Waals surface area contributed by atoms with Crippen LogP contribution in [0.2, 0.25) is 0 Å². The van der Waals surface area contributed by atoms with E-state index in [-0.39, 0.29) is 5.97 Å². The standard InChI is InChI=1S/C13H16O2/c1-3-5-10-15-13(14)12-8-6-11(4-2)7-9-12/h3,6-9H,1,4-5,10H2,2H3. The van der Waals surface area contributed by atoms with Crippen LogP contribution >= 0.6 is 0 Å². The van der Waals surface area contributed by atoms with Crippen LogP contribution in [0.4, 0.5) is 0 Å². The first-order valence-electron chi connectivity index (χ1n) is 5.15. The van der Waals surface area contributed by atoms with Crippen molar-refractivity contribution < 1.29 is 9.53 Å². The highest BCUT2D eigenvalue weighted by molar-refractivity contribution is 5.89. The Kier molecular flexibility index (Phi) is 4.61. The van der Waals surface area contributed by atoms with Crippen LogP contribution < -0.4 is 0 Å². The molecule has 80 valence electrons. The second kappa shape index (κ2) is 6.02. The van der Waals surface area contributed by atoms with Crippen molar-refractivity contribution in [2.75, 3.05) is 6.61 Å². The Labute approximate surface area is 90.6 Å². The topological polar surface area (TPSA) is 26.3 Å². The van der Waals surface area contributed by atoms with Gasteiger partial charge in [0.25, 0.3) is 0 Å². The maximum absolute atomic E-state index is 11.5. The molecular formula is C13H16O2. The van der Waals surface area contributed by atoms with Crippen molar-refractivity contribution >= 4 is 5.97 Å². The molecule has 1 aromatic rings. The van der Waals surface area contributed by atoms with Gasteiger partial charge in [-0.3, -0.25) is 0 Å². The molecule has 0 fully saturated rings. The first-order chi connectivity index (χ1) is 7.27. The molecular weight excluding hydrogens is 188 g/mol. The van der Waals surface area contributed by atoms with Crippen LogP contribution in [0.5, 0.6) is 0 Å². The predicted octanol–water partition coefficient (Wildman–Crippen LogP) is 2.98. The van der Waals surface area contributed by atoms with Crippen LogP contribution in [-0.4, -0.2) is 12.6 Å². The Balaban J connectivity index is 2.54. The Hall–Kier alpha value is -1.57. The first-order valence-corrected chi connectivity index (χ1v) is 5.15. The average molecular weight is 204 g/mol. The molecule has 0 amide bonds. The summed E-state index contributed by atoms with van der Waals surface area (Å²) in [6, 6.07) is 7.50. The number of benzene rings is 1. The van der Waals surface area contributed by atoms with Crippen molar-refractivity contribution in [3.8, 4) is 0 Å². The summed E-state index contributed by atoms with van der Waals surface area (Å²) >= 11 is 0. The molecule has 0 aliphatic carbocycles. The van der Waals surface area contributed by atoms with E-state index in [2.05, 4.69) is 13.5 Å². The molecule has 0 heterocycles. The summed E-state index contributed by atoms with van der Waals surface area (Å²) < 4.78 is 5.03. The largest absolute Gasteiger partial charge is 0.462 e. The number of hydrogen-bond acceptors (Lipinski definition) is 2. The fourth-order valence-corrected chi connectivity index (χ4v) is 1.19. The molecule has 0 aliphatic heterocycles. The minimum absolute atomic E-state index is 0.264. The fourth-order valence-electron chi connectivity index (χ4n) is 1.19. The van der Waals surface area contributed by atoms with Gasteiger partial charge in [0.05, 0.1) is 12.2 Å². The zero-order chi connectivity index (χ0) is 11.1. The summed E-state index contributed by atoms with van der Waals surface area (Å²) in [5.74, 6) is -0.264. The fraction of sp³-hybridized carbons (Fsp3) is 0.308. The second-order valence-electron chi connectivity index (χ2n) is 3.26. The maximum Gasteiger partial charge on any atom is 0.338 e. The highest BCUT2D eigenvalue weighted by Gasteiger charge is 2.05. The van der Waals surface area contributed by atoms with E-state index in [9.17, 15) is 4.79 Å². The zero-order valence-electron chi connectivity index (χ0n) is 9.03. The van der Waals surface area contributed by atoms with E-state index < -0.39 is 0 Å². The van der Waals surface area contributed by atoms with E-state index in [4.69, 9.17) is 4.74 Å². The predicted molar refractivity (Wildman–Crippen MR) is 60.9 cm³/mol. The lowest BCUT2D eigenvalue weighted by molar-refractivity contribution is 0.0512. The number of rotatable bonds is 5. The van der Waals surface area contributed by atoms with Gasteiger partial charge in [0.15, 0.2) is 0 Å². The van der Waals surface area contributed by atoms with Crippen molar-refractivity contribution in [1.29, 1.82) is 0 Å². The van der Waals surface area contributed by atoms with E-state index in [0.717, 1.165) is 6.42 Å². The molecule has 0 spiro atoms. The lowest BCUT2D eigenvalue weighted by atomic mass is 10.1. The van der Waals surface area contributed by atoms with Crippen molar-refractivity contribution in [2.45, 2.75) is 19.8 Å². The maximum atomic E-state index is 11.5. The average Bonchev–Trinajstić information content (AvgIpc) is 2.29. The molecule has 0 unspecified atom stereocenters. The van der Waals surface area contributed by atoms with Gasteiger partial charge >= 0.3 is 5.97 Å². The third-order valence-corrected chi connectivity index (χ3v) is 2.15. The lowest BCUT2D eigenvalue weighted by Gasteiger charge is -2.03. The van der Waals surface area contributed by atoms with Crippen molar-refractivity contribution in [3.05, 3.63) is 48.0 Å². The number of carbonyl (C=O) groups is 1. The van der Waals surface area contributed by atoms with E-state index in [1.54, 1.807) is 18.2 Å². The number of ether oxygens (including phenoxy) is 1. The smallest absolute Gasteiger partial charge is 0.338 e. The van der Waals surface area contributed by atoms with Crippen LogP contribution in [0.1, 0.15) is 29.3 Å². The van der Waals surface area contributed by atoms with Gasteiger partial charge in [0.2, 0.25) is 0 Å². The molecule has 0 saturated carbocycles. The van der Waals surface area contributed by atoms with Gasteiger partial charge in [-0.15, -0.1) is 6.58 Å². The van der Waals surface area contributed by atoms with Crippen LogP contribution in [0, 0.1) is 0 Å². The Morgan fingerprint density at radius 1 is 1.40 bits per heavy atom. The monoisotopic (exact) mass is 204 g/mol. The number of carbonyl (C=O) groups excluding carboxylic acids is 1. The SMILES string of the molecule is C=CCCOC(=O)c1ccc(CC)cc1. The molecule has 0 radical (unpaired) electrons. The normalized spacial score (nSPS) is 9.67. The molecule has 0 atom stereocenters. The van der Waals surface area contributed by atoms with Gasteiger partial charge < -0.3 is 4.74 Å². The number of aryl methyl sites for hydroxylation is 1. The van der Waals surface area contributed by atoms with Crippen molar-refractivity contribution in [3.63, 3.8) is 0 Å². The van der Waals surface area contributed by atoms with Crippen molar-refractivity contribution in [1.82, 2.24) is 0 Å². The second-order valence-corrected chi connectivity index (χ2v) is 3.26. The van der Waals surface area contributed by atoms with Crippen LogP contribution in [0.25, 0.3) is 0 Å². The highest BCUT2D eigenvalue weighted by atomic mass is 16.5. The van der Waals surface area contributed by atoms with Crippen molar-refractivity contribution in [2.24, 2.45) is 0 Å². The Bertz CT molecular complexity index is 325. The van der Waals surface area contributed by atoms with Gasteiger partial charge in [0, 0.05) is 0 Å². The summed E-state index contributed by atoms with van der Waals surface area (Å²) in [5.41, 5.74) is 1.83. The third-order valence-electron chi connectivity index (χ3n) is 2.15. The molecule has 15 heavy (non-hydrogen) atoms. The van der Waals surface area contributed by atoms with Crippen LogP contribution in [0.3, 0.4) is 0 Å². The summed E-state index contributed by atoms with van der Waals surface area (Å²) in [6.45, 7) is 6.04. The lowest BCUT2D eigenvalue weighted by Crippen LogP contribution is -2.05. The molecule has 0 aromatic heterocycles. The summed E-state index contributed by atoms with van der Waals surface area (Å²) in [4.78, 5) is 11.5.